The number of rotatable bonds is 4. The first-order valence-electron chi connectivity index (χ1n) is 8.74. The Bertz CT molecular complexity index is 709. The highest BCUT2D eigenvalue weighted by Gasteiger charge is 2.48. The Hall–Kier alpha value is -2.22. The lowest BCUT2D eigenvalue weighted by atomic mass is 9.76. The van der Waals surface area contributed by atoms with E-state index in [1.165, 1.54) is 12.5 Å². The van der Waals surface area contributed by atoms with Crippen molar-refractivity contribution in [2.75, 3.05) is 26.2 Å². The maximum atomic E-state index is 12.5. The number of nitrogens with zero attached hydrogens (tertiary/aromatic N) is 3. The van der Waals surface area contributed by atoms with Crippen molar-refractivity contribution in [3.8, 4) is 0 Å². The Labute approximate surface area is 145 Å². The minimum atomic E-state index is -0.759. The van der Waals surface area contributed by atoms with Crippen LogP contribution < -0.4 is 5.56 Å². The topological polar surface area (TPSA) is 107 Å². The first-order valence-corrected chi connectivity index (χ1v) is 8.74. The van der Waals surface area contributed by atoms with E-state index < -0.39 is 17.6 Å². The number of piperidine rings is 1. The molecule has 3 heterocycles. The summed E-state index contributed by atoms with van der Waals surface area (Å²) >= 11 is 0. The lowest BCUT2D eigenvalue weighted by Gasteiger charge is -2.39. The number of hydrogen-bond acceptors (Lipinski definition) is 5. The first kappa shape index (κ1) is 17.6. The molecule has 2 fully saturated rings. The molecule has 2 saturated heterocycles. The van der Waals surface area contributed by atoms with Crippen molar-refractivity contribution >= 4 is 11.9 Å². The number of carbonyl (C=O) groups excluding carboxylic acids is 1. The zero-order valence-electron chi connectivity index (χ0n) is 14.4. The van der Waals surface area contributed by atoms with Gasteiger partial charge >= 0.3 is 5.97 Å². The van der Waals surface area contributed by atoms with E-state index in [0.717, 1.165) is 32.4 Å². The fourth-order valence-electron chi connectivity index (χ4n) is 4.12. The Morgan fingerprint density at radius 1 is 1.40 bits per heavy atom. The lowest BCUT2D eigenvalue weighted by Crippen LogP contribution is -2.45. The van der Waals surface area contributed by atoms with Gasteiger partial charge in [0, 0.05) is 25.8 Å². The van der Waals surface area contributed by atoms with E-state index in [1.54, 1.807) is 4.90 Å². The number of aliphatic carboxylic acids is 1. The summed E-state index contributed by atoms with van der Waals surface area (Å²) in [6.07, 6.45) is 5.65. The summed E-state index contributed by atoms with van der Waals surface area (Å²) in [7, 11) is 0. The van der Waals surface area contributed by atoms with E-state index in [1.807, 2.05) is 0 Å². The van der Waals surface area contributed by atoms with Gasteiger partial charge in [-0.25, -0.2) is 4.98 Å². The highest BCUT2D eigenvalue weighted by atomic mass is 16.4. The fraction of sp³-hybridized carbons (Fsp3) is 0.647. The van der Waals surface area contributed by atoms with Crippen molar-refractivity contribution < 1.29 is 14.7 Å². The van der Waals surface area contributed by atoms with Crippen LogP contribution in [0, 0.1) is 5.41 Å². The normalized spacial score (nSPS) is 23.1. The molecule has 8 nitrogen and oxygen atoms in total. The Morgan fingerprint density at radius 2 is 2.12 bits per heavy atom. The van der Waals surface area contributed by atoms with Crippen LogP contribution in [0.15, 0.2) is 17.3 Å². The minimum Gasteiger partial charge on any atom is -0.480 e. The minimum absolute atomic E-state index is 0.0453. The zero-order chi connectivity index (χ0) is 18.0. The number of H-pyrrole nitrogens is 1. The smallest absolute Gasteiger partial charge is 0.320 e. The number of amides is 1. The Balaban J connectivity index is 1.67. The number of carbonyl (C=O) groups is 2. The molecular formula is C17H24N4O4. The number of nitrogens with one attached hydrogen (secondary N) is 1. The molecule has 2 N–H and O–H groups in total. The summed E-state index contributed by atoms with van der Waals surface area (Å²) in [5.74, 6) is -1.06. The predicted octanol–water partition coefficient (Wildman–Crippen LogP) is 0.561. The number of aromatic amines is 1. The molecule has 1 spiro atoms. The van der Waals surface area contributed by atoms with E-state index in [0.29, 0.717) is 19.5 Å². The molecule has 1 amide bonds. The Kier molecular flexibility index (Phi) is 4.89. The van der Waals surface area contributed by atoms with Gasteiger partial charge in [0.25, 0.3) is 11.5 Å². The number of likely N-dealkylation sites (tertiary alicyclic amines) is 2. The average molecular weight is 348 g/mol. The molecular weight excluding hydrogens is 324 g/mol. The summed E-state index contributed by atoms with van der Waals surface area (Å²) in [5.41, 5.74) is -0.418. The second-order valence-electron chi connectivity index (χ2n) is 7.12. The standard InChI is InChI=1S/C17H24N4O4/c1-2-5-21-10-17(8-13(21)16(24)25)3-6-20(7-4-17)15(23)12-9-18-11-19-14(12)22/h9,11,13H,2-8,10H2,1H3,(H,24,25)(H,18,19,22)/t13-/m0/s1. The van der Waals surface area contributed by atoms with Crippen LogP contribution in [-0.4, -0.2) is 69.0 Å². The highest BCUT2D eigenvalue weighted by Crippen LogP contribution is 2.43. The first-order chi connectivity index (χ1) is 12.0. The van der Waals surface area contributed by atoms with Gasteiger partial charge in [-0.15, -0.1) is 0 Å². The second-order valence-corrected chi connectivity index (χ2v) is 7.12. The molecule has 1 aromatic rings. The van der Waals surface area contributed by atoms with Gasteiger partial charge in [0.05, 0.1) is 6.33 Å². The molecule has 0 radical (unpaired) electrons. The highest BCUT2D eigenvalue weighted by molar-refractivity contribution is 5.93. The number of aromatic nitrogens is 2. The summed E-state index contributed by atoms with van der Waals surface area (Å²) in [6, 6.07) is -0.427. The molecule has 0 aromatic carbocycles. The van der Waals surface area contributed by atoms with Crippen LogP contribution in [0.1, 0.15) is 43.0 Å². The molecule has 0 bridgehead atoms. The third-order valence-corrected chi connectivity index (χ3v) is 5.46. The van der Waals surface area contributed by atoms with E-state index in [9.17, 15) is 19.5 Å². The largest absolute Gasteiger partial charge is 0.480 e. The monoisotopic (exact) mass is 348 g/mol. The predicted molar refractivity (Wildman–Crippen MR) is 90.3 cm³/mol. The van der Waals surface area contributed by atoms with Crippen molar-refractivity contribution in [1.82, 2.24) is 19.8 Å². The van der Waals surface area contributed by atoms with Gasteiger partial charge in [-0.1, -0.05) is 6.92 Å². The molecule has 1 aromatic heterocycles. The van der Waals surface area contributed by atoms with Crippen molar-refractivity contribution in [2.45, 2.75) is 38.6 Å². The summed E-state index contributed by atoms with van der Waals surface area (Å²) in [6.45, 7) is 4.69. The van der Waals surface area contributed by atoms with E-state index in [-0.39, 0.29) is 16.9 Å². The molecule has 2 aliphatic heterocycles. The van der Waals surface area contributed by atoms with Gasteiger partial charge in [-0.3, -0.25) is 19.3 Å². The van der Waals surface area contributed by atoms with E-state index in [4.69, 9.17) is 0 Å². The van der Waals surface area contributed by atoms with Crippen LogP contribution in [0.5, 0.6) is 0 Å². The molecule has 8 heteroatoms. The zero-order valence-corrected chi connectivity index (χ0v) is 14.4. The van der Waals surface area contributed by atoms with Crippen LogP contribution in [-0.2, 0) is 4.79 Å². The van der Waals surface area contributed by atoms with Gasteiger partial charge in [0.1, 0.15) is 11.6 Å². The molecule has 1 atom stereocenters. The Morgan fingerprint density at radius 3 is 2.72 bits per heavy atom. The third kappa shape index (κ3) is 3.44. The third-order valence-electron chi connectivity index (χ3n) is 5.46. The van der Waals surface area contributed by atoms with Gasteiger partial charge in [-0.2, -0.15) is 0 Å². The summed E-state index contributed by atoms with van der Waals surface area (Å²) in [4.78, 5) is 45.8. The molecule has 2 aliphatic rings. The van der Waals surface area contributed by atoms with Gasteiger partial charge < -0.3 is 15.0 Å². The van der Waals surface area contributed by atoms with E-state index >= 15 is 0 Å². The van der Waals surface area contributed by atoms with E-state index in [2.05, 4.69) is 21.8 Å². The second kappa shape index (κ2) is 6.95. The van der Waals surface area contributed by atoms with Crippen LogP contribution >= 0.6 is 0 Å². The van der Waals surface area contributed by atoms with Crippen LogP contribution in [0.2, 0.25) is 0 Å². The molecule has 0 saturated carbocycles. The fourth-order valence-corrected chi connectivity index (χ4v) is 4.12. The molecule has 25 heavy (non-hydrogen) atoms. The molecule has 0 unspecified atom stereocenters. The van der Waals surface area contributed by atoms with Crippen LogP contribution in [0.3, 0.4) is 0 Å². The van der Waals surface area contributed by atoms with Crippen molar-refractivity contribution in [2.24, 2.45) is 5.41 Å². The van der Waals surface area contributed by atoms with Gasteiger partial charge in [0.2, 0.25) is 0 Å². The SMILES string of the molecule is CCCN1CC2(CCN(C(=O)c3cnc[nH]c3=O)CC2)C[C@H]1C(=O)O. The van der Waals surface area contributed by atoms with Gasteiger partial charge in [-0.05, 0) is 37.6 Å². The van der Waals surface area contributed by atoms with Crippen molar-refractivity contribution in [3.63, 3.8) is 0 Å². The van der Waals surface area contributed by atoms with Crippen LogP contribution in [0.4, 0.5) is 0 Å². The summed E-state index contributed by atoms with van der Waals surface area (Å²) in [5, 5.41) is 9.49. The average Bonchev–Trinajstić information content (AvgIpc) is 2.94. The van der Waals surface area contributed by atoms with Crippen molar-refractivity contribution in [3.05, 3.63) is 28.4 Å². The number of hydrogen-bond donors (Lipinski definition) is 2. The molecule has 3 rings (SSSR count). The maximum Gasteiger partial charge on any atom is 0.320 e. The van der Waals surface area contributed by atoms with Crippen LogP contribution in [0.25, 0.3) is 0 Å². The number of carboxylic acids is 1. The lowest BCUT2D eigenvalue weighted by molar-refractivity contribution is -0.142. The maximum absolute atomic E-state index is 12.5. The summed E-state index contributed by atoms with van der Waals surface area (Å²) < 4.78 is 0. The van der Waals surface area contributed by atoms with Crippen molar-refractivity contribution in [1.29, 1.82) is 0 Å². The quantitative estimate of drug-likeness (QED) is 0.823. The van der Waals surface area contributed by atoms with Gasteiger partial charge in [0.15, 0.2) is 0 Å². The molecule has 136 valence electrons. The number of carboxylic acid groups (broad SMARTS) is 1. The molecule has 0 aliphatic carbocycles.